The van der Waals surface area contributed by atoms with Crippen LogP contribution in [0, 0.1) is 0 Å². The molecule has 1 aliphatic rings. The van der Waals surface area contributed by atoms with Crippen LogP contribution in [-0.4, -0.2) is 19.4 Å². The van der Waals surface area contributed by atoms with Crippen molar-refractivity contribution in [1.82, 2.24) is 5.32 Å². The summed E-state index contributed by atoms with van der Waals surface area (Å²) in [6, 6.07) is 0. The summed E-state index contributed by atoms with van der Waals surface area (Å²) in [6.45, 7) is 1.99. The van der Waals surface area contributed by atoms with Gasteiger partial charge < -0.3 is 5.32 Å². The molecule has 1 N–H and O–H groups in total. The Morgan fingerprint density at radius 2 is 2.50 bits per heavy atom. The van der Waals surface area contributed by atoms with E-state index in [2.05, 4.69) is 10.3 Å². The van der Waals surface area contributed by atoms with Gasteiger partial charge in [0.05, 0.1) is 12.9 Å². The van der Waals surface area contributed by atoms with Crippen LogP contribution in [0.15, 0.2) is 4.99 Å². The van der Waals surface area contributed by atoms with Gasteiger partial charge in [-0.25, -0.2) is 0 Å². The van der Waals surface area contributed by atoms with Crippen LogP contribution < -0.4 is 5.32 Å². The van der Waals surface area contributed by atoms with E-state index in [0.717, 1.165) is 13.1 Å². The molecule has 0 aliphatic carbocycles. The van der Waals surface area contributed by atoms with Gasteiger partial charge in [0.2, 0.25) is 0 Å². The quantitative estimate of drug-likeness (QED) is 0.418. The van der Waals surface area contributed by atoms with Crippen molar-refractivity contribution in [3.63, 3.8) is 0 Å². The lowest BCUT2D eigenvalue weighted by atomic mass is 10.7. The molecule has 2 nitrogen and oxygen atoms in total. The minimum atomic E-state index is 0. The Bertz CT molecular complexity index is 46.8. The highest BCUT2D eigenvalue weighted by Crippen LogP contribution is 1.68. The SMILES string of the molecule is C1=NCCN1.P. The number of rotatable bonds is 0. The van der Waals surface area contributed by atoms with Crippen LogP contribution in [0.3, 0.4) is 0 Å². The molecule has 0 saturated heterocycles. The zero-order valence-electron chi connectivity index (χ0n) is 3.65. The lowest BCUT2D eigenvalue weighted by Gasteiger charge is -1.75. The van der Waals surface area contributed by atoms with Crippen LogP contribution in [0.5, 0.6) is 0 Å². The fourth-order valence-electron chi connectivity index (χ4n) is 0.323. The van der Waals surface area contributed by atoms with E-state index in [4.69, 9.17) is 0 Å². The predicted molar refractivity (Wildman–Crippen MR) is 32.5 cm³/mol. The maximum Gasteiger partial charge on any atom is 0.0825 e. The Kier molecular flexibility index (Phi) is 3.05. The van der Waals surface area contributed by atoms with Gasteiger partial charge in [0.1, 0.15) is 0 Å². The van der Waals surface area contributed by atoms with Gasteiger partial charge in [0, 0.05) is 6.54 Å². The van der Waals surface area contributed by atoms with Gasteiger partial charge in [-0.15, -0.1) is 0 Å². The van der Waals surface area contributed by atoms with Gasteiger partial charge in [0.25, 0.3) is 0 Å². The Labute approximate surface area is 40.7 Å². The minimum Gasteiger partial charge on any atom is -0.375 e. The van der Waals surface area contributed by atoms with E-state index >= 15 is 0 Å². The monoisotopic (exact) mass is 104 g/mol. The molecule has 0 aromatic heterocycles. The van der Waals surface area contributed by atoms with Gasteiger partial charge in [0.15, 0.2) is 0 Å². The fourth-order valence-corrected chi connectivity index (χ4v) is 0.323. The molecular formula is C3H9N2P. The molecule has 0 saturated carbocycles. The summed E-state index contributed by atoms with van der Waals surface area (Å²) in [5.74, 6) is 0. The van der Waals surface area contributed by atoms with E-state index in [9.17, 15) is 0 Å². The first-order valence-corrected chi connectivity index (χ1v) is 1.72. The van der Waals surface area contributed by atoms with Crippen molar-refractivity contribution < 1.29 is 0 Å². The Morgan fingerprint density at radius 3 is 2.67 bits per heavy atom. The van der Waals surface area contributed by atoms with Crippen molar-refractivity contribution in [3.8, 4) is 0 Å². The first-order chi connectivity index (χ1) is 2.50. The van der Waals surface area contributed by atoms with Gasteiger partial charge in [-0.05, 0) is 0 Å². The van der Waals surface area contributed by atoms with E-state index < -0.39 is 0 Å². The fraction of sp³-hybridized carbons (Fsp3) is 0.667. The first-order valence-electron chi connectivity index (χ1n) is 1.72. The highest BCUT2D eigenvalue weighted by molar-refractivity contribution is 6.92. The third kappa shape index (κ3) is 1.37. The Hall–Kier alpha value is -0.100. The topological polar surface area (TPSA) is 24.4 Å². The van der Waals surface area contributed by atoms with E-state index in [1.54, 1.807) is 6.34 Å². The molecule has 0 amide bonds. The van der Waals surface area contributed by atoms with Crippen molar-refractivity contribution in [1.29, 1.82) is 0 Å². The average Bonchev–Trinajstić information content (AvgIpc) is 1.76. The van der Waals surface area contributed by atoms with Crippen LogP contribution in [0.1, 0.15) is 0 Å². The van der Waals surface area contributed by atoms with Crippen LogP contribution in [0.2, 0.25) is 0 Å². The molecule has 6 heavy (non-hydrogen) atoms. The summed E-state index contributed by atoms with van der Waals surface area (Å²) in [4.78, 5) is 3.85. The number of hydrogen-bond donors (Lipinski definition) is 1. The van der Waals surface area contributed by atoms with Crippen molar-refractivity contribution in [3.05, 3.63) is 0 Å². The zero-order chi connectivity index (χ0) is 3.54. The first kappa shape index (κ1) is 5.90. The molecule has 36 valence electrons. The third-order valence-corrected chi connectivity index (χ3v) is 0.568. The van der Waals surface area contributed by atoms with Gasteiger partial charge in [-0.3, -0.25) is 4.99 Å². The van der Waals surface area contributed by atoms with Crippen LogP contribution in [0.25, 0.3) is 0 Å². The van der Waals surface area contributed by atoms with E-state index in [0.29, 0.717) is 0 Å². The van der Waals surface area contributed by atoms with Crippen LogP contribution in [-0.2, 0) is 0 Å². The summed E-state index contributed by atoms with van der Waals surface area (Å²) in [6.07, 6.45) is 1.74. The molecule has 0 spiro atoms. The van der Waals surface area contributed by atoms with Crippen LogP contribution in [0.4, 0.5) is 0 Å². The molecule has 0 aromatic carbocycles. The molecule has 0 fully saturated rings. The van der Waals surface area contributed by atoms with Gasteiger partial charge >= 0.3 is 0 Å². The van der Waals surface area contributed by atoms with Crippen molar-refractivity contribution in [2.75, 3.05) is 13.1 Å². The lowest BCUT2D eigenvalue weighted by molar-refractivity contribution is 0.965. The molecule has 0 aromatic rings. The van der Waals surface area contributed by atoms with Crippen molar-refractivity contribution in [2.45, 2.75) is 0 Å². The number of nitrogens with zero attached hydrogens (tertiary/aromatic N) is 1. The van der Waals surface area contributed by atoms with Crippen molar-refractivity contribution >= 4 is 16.2 Å². The molecule has 1 heterocycles. The maximum absolute atomic E-state index is 3.85. The second kappa shape index (κ2) is 3.10. The predicted octanol–water partition coefficient (Wildman–Crippen LogP) is -0.324. The van der Waals surface area contributed by atoms with E-state index in [1.807, 2.05) is 0 Å². The molecule has 1 rings (SSSR count). The molecular weight excluding hydrogens is 95.0 g/mol. The van der Waals surface area contributed by atoms with Gasteiger partial charge in [-0.1, -0.05) is 0 Å². The molecule has 1 aliphatic heterocycles. The van der Waals surface area contributed by atoms with Crippen LogP contribution >= 0.6 is 9.90 Å². The van der Waals surface area contributed by atoms with E-state index in [-0.39, 0.29) is 9.90 Å². The minimum absolute atomic E-state index is 0. The number of aliphatic imine (C=N–C) groups is 1. The largest absolute Gasteiger partial charge is 0.375 e. The normalized spacial score (nSPS) is 16.0. The molecule has 0 bridgehead atoms. The standard InChI is InChI=1S/C3H6N2.H3P/c1-2-5-3-4-1;/h3H,1-2H2,(H,4,5);1H3. The third-order valence-electron chi connectivity index (χ3n) is 0.568. The summed E-state index contributed by atoms with van der Waals surface area (Å²) in [7, 11) is 0. The second-order valence-corrected chi connectivity index (χ2v) is 0.989. The highest BCUT2D eigenvalue weighted by Gasteiger charge is 1.82. The summed E-state index contributed by atoms with van der Waals surface area (Å²) in [5.41, 5.74) is 0. The smallest absolute Gasteiger partial charge is 0.0825 e. The molecule has 0 radical (unpaired) electrons. The summed E-state index contributed by atoms with van der Waals surface area (Å²) < 4.78 is 0. The number of hydrogen-bond acceptors (Lipinski definition) is 2. The van der Waals surface area contributed by atoms with Gasteiger partial charge in [-0.2, -0.15) is 9.90 Å². The number of nitrogens with one attached hydrogen (secondary N) is 1. The molecule has 1 atom stereocenters. The summed E-state index contributed by atoms with van der Waals surface area (Å²) in [5, 5.41) is 2.93. The van der Waals surface area contributed by atoms with E-state index in [1.165, 1.54) is 0 Å². The highest BCUT2D eigenvalue weighted by atomic mass is 31.0. The second-order valence-electron chi connectivity index (χ2n) is 0.989. The molecule has 1 unspecified atom stereocenters. The lowest BCUT2D eigenvalue weighted by Crippen LogP contribution is -2.04. The zero-order valence-corrected chi connectivity index (χ0v) is 5.06. The Balaban J connectivity index is 0.000000250. The maximum atomic E-state index is 3.85. The summed E-state index contributed by atoms with van der Waals surface area (Å²) >= 11 is 0. The average molecular weight is 104 g/mol. The Morgan fingerprint density at radius 1 is 1.67 bits per heavy atom. The van der Waals surface area contributed by atoms with Crippen molar-refractivity contribution in [2.24, 2.45) is 4.99 Å². The molecule has 3 heteroatoms.